The van der Waals surface area contributed by atoms with Crippen molar-refractivity contribution >= 4 is 15.9 Å². The molecular weight excluding hydrogens is 380 g/mol. The van der Waals surface area contributed by atoms with Crippen LogP contribution in [0.5, 0.6) is 11.5 Å². The first-order valence-corrected chi connectivity index (χ1v) is 10.8. The van der Waals surface area contributed by atoms with E-state index in [-0.39, 0.29) is 11.7 Å². The third-order valence-electron chi connectivity index (χ3n) is 3.86. The van der Waals surface area contributed by atoms with Gasteiger partial charge in [0, 0.05) is 12.1 Å². The van der Waals surface area contributed by atoms with Gasteiger partial charge < -0.3 is 14.8 Å². The number of rotatable bonds is 10. The zero-order valence-corrected chi connectivity index (χ0v) is 16.9. The lowest BCUT2D eigenvalue weighted by molar-refractivity contribution is 0.0954. The van der Waals surface area contributed by atoms with Crippen molar-refractivity contribution < 1.29 is 22.7 Å². The highest BCUT2D eigenvalue weighted by Crippen LogP contribution is 2.28. The van der Waals surface area contributed by atoms with E-state index in [2.05, 4.69) is 5.32 Å². The minimum absolute atomic E-state index is 0.271. The van der Waals surface area contributed by atoms with E-state index in [9.17, 15) is 13.2 Å². The Balaban J connectivity index is 1.96. The average molecular weight is 407 g/mol. The molecule has 0 aliphatic rings. The number of benzene rings is 2. The molecule has 0 bridgehead atoms. The Bertz CT molecular complexity index is 913. The third-order valence-corrected chi connectivity index (χ3v) is 4.60. The van der Waals surface area contributed by atoms with E-state index < -0.39 is 10.0 Å². The SMILES string of the molecule is CCOc1ccc(CCNC(=O)c2cccc(CS(N)(=O)=O)c2)cc1OCC. The van der Waals surface area contributed by atoms with Gasteiger partial charge in [0.1, 0.15) is 0 Å². The first-order valence-electron chi connectivity index (χ1n) is 9.08. The minimum Gasteiger partial charge on any atom is -0.490 e. The molecule has 0 saturated carbocycles. The van der Waals surface area contributed by atoms with Crippen molar-refractivity contribution in [2.45, 2.75) is 26.0 Å². The van der Waals surface area contributed by atoms with Gasteiger partial charge in [-0.3, -0.25) is 4.79 Å². The number of carbonyl (C=O) groups is 1. The van der Waals surface area contributed by atoms with Crippen LogP contribution in [-0.2, 0) is 22.2 Å². The van der Waals surface area contributed by atoms with Gasteiger partial charge in [-0.25, -0.2) is 13.6 Å². The molecule has 0 saturated heterocycles. The minimum atomic E-state index is -3.64. The van der Waals surface area contributed by atoms with E-state index in [0.717, 1.165) is 5.56 Å². The maximum Gasteiger partial charge on any atom is 0.251 e. The van der Waals surface area contributed by atoms with Gasteiger partial charge in [-0.2, -0.15) is 0 Å². The highest BCUT2D eigenvalue weighted by molar-refractivity contribution is 7.88. The molecular formula is C20H26N2O5S. The summed E-state index contributed by atoms with van der Waals surface area (Å²) in [4.78, 5) is 12.3. The molecule has 28 heavy (non-hydrogen) atoms. The zero-order valence-electron chi connectivity index (χ0n) is 16.1. The van der Waals surface area contributed by atoms with E-state index in [0.29, 0.717) is 48.8 Å². The summed E-state index contributed by atoms with van der Waals surface area (Å²) in [5.74, 6) is 0.806. The van der Waals surface area contributed by atoms with Gasteiger partial charge in [-0.1, -0.05) is 18.2 Å². The first-order chi connectivity index (χ1) is 13.3. The molecule has 0 radical (unpaired) electrons. The zero-order chi connectivity index (χ0) is 20.6. The van der Waals surface area contributed by atoms with E-state index in [1.807, 2.05) is 32.0 Å². The number of sulfonamides is 1. The van der Waals surface area contributed by atoms with Crippen molar-refractivity contribution in [3.8, 4) is 11.5 Å². The van der Waals surface area contributed by atoms with Crippen molar-refractivity contribution in [3.63, 3.8) is 0 Å². The van der Waals surface area contributed by atoms with Gasteiger partial charge in [0.15, 0.2) is 11.5 Å². The lowest BCUT2D eigenvalue weighted by Crippen LogP contribution is -2.26. The van der Waals surface area contributed by atoms with Crippen LogP contribution in [-0.4, -0.2) is 34.1 Å². The standard InChI is InChI=1S/C20H26N2O5S/c1-3-26-18-9-8-15(13-19(18)27-4-2)10-11-22-20(23)17-7-5-6-16(12-17)14-28(21,24)25/h5-9,12-13H,3-4,10-11,14H2,1-2H3,(H,22,23)(H2,21,24,25). The molecule has 0 atom stereocenters. The number of hydrogen-bond donors (Lipinski definition) is 2. The van der Waals surface area contributed by atoms with Gasteiger partial charge >= 0.3 is 0 Å². The molecule has 0 aromatic heterocycles. The van der Waals surface area contributed by atoms with Crippen LogP contribution in [0.1, 0.15) is 35.3 Å². The summed E-state index contributed by atoms with van der Waals surface area (Å²) >= 11 is 0. The predicted octanol–water partition coefficient (Wildman–Crippen LogP) is 2.25. The van der Waals surface area contributed by atoms with Gasteiger partial charge in [0.2, 0.25) is 10.0 Å². The average Bonchev–Trinajstić information content (AvgIpc) is 2.63. The Hall–Kier alpha value is -2.58. The van der Waals surface area contributed by atoms with Gasteiger partial charge in [0.05, 0.1) is 19.0 Å². The summed E-state index contributed by atoms with van der Waals surface area (Å²) in [5.41, 5.74) is 1.88. The lowest BCUT2D eigenvalue weighted by atomic mass is 10.1. The normalized spacial score (nSPS) is 11.1. The summed E-state index contributed by atoms with van der Waals surface area (Å²) in [6.45, 7) is 5.34. The summed E-state index contributed by atoms with van der Waals surface area (Å²) in [6, 6.07) is 12.1. The predicted molar refractivity (Wildman–Crippen MR) is 108 cm³/mol. The summed E-state index contributed by atoms with van der Waals surface area (Å²) in [6.07, 6.45) is 0.620. The van der Waals surface area contributed by atoms with Gasteiger partial charge in [-0.15, -0.1) is 0 Å². The van der Waals surface area contributed by atoms with Crippen molar-refractivity contribution in [3.05, 3.63) is 59.2 Å². The van der Waals surface area contributed by atoms with E-state index in [4.69, 9.17) is 14.6 Å². The number of amides is 1. The molecule has 2 aromatic rings. The second-order valence-corrected chi connectivity index (χ2v) is 7.77. The third kappa shape index (κ3) is 6.86. The molecule has 0 spiro atoms. The topological polar surface area (TPSA) is 108 Å². The molecule has 2 rings (SSSR count). The van der Waals surface area contributed by atoms with E-state index in [1.54, 1.807) is 18.2 Å². The molecule has 0 heterocycles. The first kappa shape index (κ1) is 21.7. The maximum absolute atomic E-state index is 12.3. The lowest BCUT2D eigenvalue weighted by Gasteiger charge is -2.13. The van der Waals surface area contributed by atoms with E-state index in [1.165, 1.54) is 6.07 Å². The smallest absolute Gasteiger partial charge is 0.251 e. The molecule has 8 heteroatoms. The van der Waals surface area contributed by atoms with Crippen LogP contribution < -0.4 is 19.9 Å². The van der Waals surface area contributed by atoms with Gasteiger partial charge in [0.25, 0.3) is 5.91 Å². The second kappa shape index (κ2) is 10.1. The molecule has 0 aliphatic heterocycles. The second-order valence-electron chi connectivity index (χ2n) is 6.16. The quantitative estimate of drug-likeness (QED) is 0.629. The highest BCUT2D eigenvalue weighted by atomic mass is 32.2. The Kier molecular flexibility index (Phi) is 7.83. The van der Waals surface area contributed by atoms with Crippen LogP contribution in [0, 0.1) is 0 Å². The Morgan fingerprint density at radius 1 is 1.00 bits per heavy atom. The Morgan fingerprint density at radius 2 is 1.71 bits per heavy atom. The van der Waals surface area contributed by atoms with E-state index >= 15 is 0 Å². The highest BCUT2D eigenvalue weighted by Gasteiger charge is 2.10. The van der Waals surface area contributed by atoms with Crippen LogP contribution in [0.4, 0.5) is 0 Å². The molecule has 0 aliphatic carbocycles. The van der Waals surface area contributed by atoms with Crippen LogP contribution in [0.3, 0.4) is 0 Å². The molecule has 0 unspecified atom stereocenters. The summed E-state index contributed by atoms with van der Waals surface area (Å²) in [5, 5.41) is 7.89. The maximum atomic E-state index is 12.3. The van der Waals surface area contributed by atoms with Crippen molar-refractivity contribution in [2.24, 2.45) is 5.14 Å². The molecule has 2 aromatic carbocycles. The van der Waals surface area contributed by atoms with Crippen LogP contribution in [0.15, 0.2) is 42.5 Å². The molecule has 1 amide bonds. The van der Waals surface area contributed by atoms with Gasteiger partial charge in [-0.05, 0) is 55.7 Å². The van der Waals surface area contributed by atoms with Crippen LogP contribution in [0.2, 0.25) is 0 Å². The molecule has 3 N–H and O–H groups in total. The molecule has 0 fully saturated rings. The number of hydrogen-bond acceptors (Lipinski definition) is 5. The summed E-state index contributed by atoms with van der Waals surface area (Å²) in [7, 11) is -3.64. The Morgan fingerprint density at radius 3 is 2.39 bits per heavy atom. The monoisotopic (exact) mass is 406 g/mol. The van der Waals surface area contributed by atoms with Crippen LogP contribution >= 0.6 is 0 Å². The number of ether oxygens (including phenoxy) is 2. The van der Waals surface area contributed by atoms with Crippen molar-refractivity contribution in [1.29, 1.82) is 0 Å². The number of nitrogens with one attached hydrogen (secondary N) is 1. The van der Waals surface area contributed by atoms with Crippen molar-refractivity contribution in [2.75, 3.05) is 19.8 Å². The number of carbonyl (C=O) groups excluding carboxylic acids is 1. The van der Waals surface area contributed by atoms with Crippen LogP contribution in [0.25, 0.3) is 0 Å². The molecule has 7 nitrogen and oxygen atoms in total. The largest absolute Gasteiger partial charge is 0.490 e. The van der Waals surface area contributed by atoms with Crippen molar-refractivity contribution in [1.82, 2.24) is 5.32 Å². The fourth-order valence-electron chi connectivity index (χ4n) is 2.71. The number of nitrogens with two attached hydrogens (primary N) is 1. The molecule has 152 valence electrons. The fourth-order valence-corrected chi connectivity index (χ4v) is 3.35. The summed E-state index contributed by atoms with van der Waals surface area (Å²) < 4.78 is 33.6. The number of primary sulfonamides is 1. The fraction of sp³-hybridized carbons (Fsp3) is 0.350. The Labute approximate surface area is 165 Å².